The molecule has 0 saturated carbocycles. The Morgan fingerprint density at radius 3 is 2.43 bits per heavy atom. The number of amides is 2. The number of carbonyl (C=O) groups excluding carboxylic acids is 2. The Morgan fingerprint density at radius 1 is 0.967 bits per heavy atom. The van der Waals surface area contributed by atoms with Gasteiger partial charge in [0.25, 0.3) is 5.91 Å². The number of benzene rings is 3. The van der Waals surface area contributed by atoms with Crippen LogP contribution in [0.1, 0.15) is 20.7 Å². The van der Waals surface area contributed by atoms with E-state index in [-0.39, 0.29) is 11.3 Å². The fourth-order valence-electron chi connectivity index (χ4n) is 3.10. The highest BCUT2D eigenvalue weighted by Crippen LogP contribution is 2.27. The van der Waals surface area contributed by atoms with E-state index in [9.17, 15) is 14.0 Å². The van der Waals surface area contributed by atoms with Crippen LogP contribution < -0.4 is 11.1 Å². The first-order valence-corrected chi connectivity index (χ1v) is 9.78. The summed E-state index contributed by atoms with van der Waals surface area (Å²) < 4.78 is 15.1. The molecule has 1 aromatic heterocycles. The predicted octanol–water partition coefficient (Wildman–Crippen LogP) is 5.15. The number of nitrogens with one attached hydrogen (secondary N) is 1. The molecule has 0 aliphatic rings. The van der Waals surface area contributed by atoms with Crippen molar-refractivity contribution in [3.63, 3.8) is 0 Å². The lowest BCUT2D eigenvalue weighted by Crippen LogP contribution is -2.16. The summed E-state index contributed by atoms with van der Waals surface area (Å²) in [5.74, 6) is -1.90. The number of anilines is 1. The van der Waals surface area contributed by atoms with E-state index in [0.29, 0.717) is 22.2 Å². The van der Waals surface area contributed by atoms with Crippen LogP contribution in [0.15, 0.2) is 77.3 Å². The van der Waals surface area contributed by atoms with E-state index in [2.05, 4.69) is 26.2 Å². The molecule has 0 bridgehead atoms. The summed E-state index contributed by atoms with van der Waals surface area (Å²) in [6, 6.07) is 20.0. The van der Waals surface area contributed by atoms with Crippen molar-refractivity contribution in [3.8, 4) is 11.3 Å². The van der Waals surface area contributed by atoms with Gasteiger partial charge in [0.2, 0.25) is 5.91 Å². The van der Waals surface area contributed by atoms with Crippen molar-refractivity contribution in [2.45, 2.75) is 0 Å². The molecule has 7 heteroatoms. The van der Waals surface area contributed by atoms with E-state index in [1.807, 2.05) is 36.4 Å². The number of carbonyl (C=O) groups is 2. The van der Waals surface area contributed by atoms with E-state index in [0.717, 1.165) is 16.1 Å². The smallest absolute Gasteiger partial charge is 0.256 e. The Balaban J connectivity index is 1.79. The molecule has 3 N–H and O–H groups in total. The molecular weight excluding hydrogens is 449 g/mol. The van der Waals surface area contributed by atoms with Crippen LogP contribution in [0, 0.1) is 5.82 Å². The number of pyridine rings is 1. The van der Waals surface area contributed by atoms with Gasteiger partial charge in [0, 0.05) is 21.0 Å². The number of rotatable bonds is 4. The highest BCUT2D eigenvalue weighted by atomic mass is 79.9. The van der Waals surface area contributed by atoms with E-state index < -0.39 is 17.6 Å². The molecule has 0 fully saturated rings. The van der Waals surface area contributed by atoms with E-state index in [1.165, 1.54) is 12.1 Å². The Hall–Kier alpha value is -3.58. The van der Waals surface area contributed by atoms with Crippen molar-refractivity contribution < 1.29 is 14.0 Å². The summed E-state index contributed by atoms with van der Waals surface area (Å²) >= 11 is 3.40. The van der Waals surface area contributed by atoms with Crippen LogP contribution in [0.3, 0.4) is 0 Å². The van der Waals surface area contributed by atoms with Gasteiger partial charge in [-0.15, -0.1) is 0 Å². The Bertz CT molecular complexity index is 1290. The minimum absolute atomic E-state index is 0.0989. The molecule has 0 unspecified atom stereocenters. The highest BCUT2D eigenvalue weighted by Gasteiger charge is 2.16. The Labute approximate surface area is 179 Å². The van der Waals surface area contributed by atoms with Crippen LogP contribution in [0.4, 0.5) is 10.1 Å². The molecule has 3 aromatic carbocycles. The molecule has 4 rings (SSSR count). The van der Waals surface area contributed by atoms with E-state index in [1.54, 1.807) is 18.2 Å². The molecule has 5 nitrogen and oxygen atoms in total. The van der Waals surface area contributed by atoms with Crippen molar-refractivity contribution >= 4 is 44.3 Å². The highest BCUT2D eigenvalue weighted by molar-refractivity contribution is 9.10. The molecule has 0 saturated heterocycles. The minimum atomic E-state index is -0.711. The first kappa shape index (κ1) is 19.7. The fourth-order valence-corrected chi connectivity index (χ4v) is 3.36. The Kier molecular flexibility index (Phi) is 5.29. The third-order valence-corrected chi connectivity index (χ3v) is 5.13. The molecule has 1 heterocycles. The van der Waals surface area contributed by atoms with Gasteiger partial charge in [-0.1, -0.05) is 46.3 Å². The molecule has 30 heavy (non-hydrogen) atoms. The molecule has 0 aliphatic carbocycles. The summed E-state index contributed by atoms with van der Waals surface area (Å²) in [7, 11) is 0. The second kappa shape index (κ2) is 8.04. The van der Waals surface area contributed by atoms with Crippen LogP contribution in [0.25, 0.3) is 22.2 Å². The third-order valence-electron chi connectivity index (χ3n) is 4.60. The normalized spacial score (nSPS) is 10.7. The third kappa shape index (κ3) is 3.92. The zero-order valence-corrected chi connectivity index (χ0v) is 17.1. The van der Waals surface area contributed by atoms with Crippen molar-refractivity contribution in [1.82, 2.24) is 4.98 Å². The number of nitrogens with zero attached hydrogens (tertiary/aromatic N) is 1. The summed E-state index contributed by atoms with van der Waals surface area (Å²) in [5.41, 5.74) is 7.65. The number of fused-ring (bicyclic) bond motifs is 1. The lowest BCUT2D eigenvalue weighted by Gasteiger charge is -2.12. The van der Waals surface area contributed by atoms with E-state index >= 15 is 0 Å². The number of hydrogen-bond acceptors (Lipinski definition) is 3. The molecule has 2 amide bonds. The average molecular weight is 464 g/mol. The quantitative estimate of drug-likeness (QED) is 0.438. The van der Waals surface area contributed by atoms with Gasteiger partial charge in [-0.05, 0) is 42.5 Å². The average Bonchev–Trinajstić information content (AvgIpc) is 2.74. The van der Waals surface area contributed by atoms with Gasteiger partial charge in [-0.2, -0.15) is 0 Å². The van der Waals surface area contributed by atoms with Gasteiger partial charge in [0.15, 0.2) is 0 Å². The lowest BCUT2D eigenvalue weighted by atomic mass is 10.0. The monoisotopic (exact) mass is 463 g/mol. The maximum atomic E-state index is 14.2. The molecule has 0 atom stereocenters. The van der Waals surface area contributed by atoms with Crippen molar-refractivity contribution in [2.75, 3.05) is 5.32 Å². The molecular formula is C23H15BrFN3O2. The number of nitrogens with two attached hydrogens (primary N) is 1. The summed E-state index contributed by atoms with van der Waals surface area (Å²) in [6.07, 6.45) is 0. The van der Waals surface area contributed by atoms with Crippen LogP contribution in [0.2, 0.25) is 0 Å². The maximum absolute atomic E-state index is 14.2. The fraction of sp³-hybridized carbons (Fsp3) is 0. The second-order valence-corrected chi connectivity index (χ2v) is 7.51. The first-order chi connectivity index (χ1) is 14.4. The number of aromatic nitrogens is 1. The van der Waals surface area contributed by atoms with Crippen molar-refractivity contribution in [3.05, 3.63) is 94.2 Å². The van der Waals surface area contributed by atoms with Gasteiger partial charge >= 0.3 is 0 Å². The van der Waals surface area contributed by atoms with Gasteiger partial charge < -0.3 is 11.1 Å². The first-order valence-electron chi connectivity index (χ1n) is 8.99. The number of hydrogen-bond donors (Lipinski definition) is 2. The summed E-state index contributed by atoms with van der Waals surface area (Å²) in [5, 5.41) is 3.17. The van der Waals surface area contributed by atoms with Gasteiger partial charge in [-0.3, -0.25) is 9.59 Å². The zero-order valence-electron chi connectivity index (χ0n) is 15.5. The van der Waals surface area contributed by atoms with Crippen LogP contribution in [-0.4, -0.2) is 16.8 Å². The lowest BCUT2D eigenvalue weighted by molar-refractivity contribution is 0.0996. The number of halogens is 2. The van der Waals surface area contributed by atoms with Gasteiger partial charge in [-0.25, -0.2) is 9.37 Å². The van der Waals surface area contributed by atoms with Crippen LogP contribution >= 0.6 is 15.9 Å². The molecule has 4 aromatic rings. The maximum Gasteiger partial charge on any atom is 0.256 e. The molecule has 0 spiro atoms. The second-order valence-electron chi connectivity index (χ2n) is 6.59. The number of para-hydroxylation sites is 1. The summed E-state index contributed by atoms with van der Waals surface area (Å²) in [4.78, 5) is 29.1. The molecule has 0 aliphatic heterocycles. The SMILES string of the molecule is NC(=O)c1ccc(F)c(NC(=O)c2cc(-c3ccc(Br)cc3)nc3ccccc23)c1. The Morgan fingerprint density at radius 2 is 1.70 bits per heavy atom. The topological polar surface area (TPSA) is 85.1 Å². The molecule has 0 radical (unpaired) electrons. The van der Waals surface area contributed by atoms with Gasteiger partial charge in [0.1, 0.15) is 5.82 Å². The van der Waals surface area contributed by atoms with Crippen LogP contribution in [0.5, 0.6) is 0 Å². The van der Waals surface area contributed by atoms with E-state index in [4.69, 9.17) is 5.73 Å². The largest absolute Gasteiger partial charge is 0.366 e. The zero-order chi connectivity index (χ0) is 21.3. The van der Waals surface area contributed by atoms with Crippen molar-refractivity contribution in [1.29, 1.82) is 0 Å². The molecule has 148 valence electrons. The van der Waals surface area contributed by atoms with Gasteiger partial charge in [0.05, 0.1) is 22.5 Å². The van der Waals surface area contributed by atoms with Crippen LogP contribution in [-0.2, 0) is 0 Å². The summed E-state index contributed by atoms with van der Waals surface area (Å²) in [6.45, 7) is 0. The minimum Gasteiger partial charge on any atom is -0.366 e. The predicted molar refractivity (Wildman–Crippen MR) is 118 cm³/mol. The standard InChI is InChI=1S/C23H15BrFN3O2/c24-15-8-5-13(6-9-15)20-12-17(16-3-1-2-4-19(16)27-20)23(30)28-21-11-14(22(26)29)7-10-18(21)25/h1-12H,(H2,26,29)(H,28,30). The van der Waals surface area contributed by atoms with Crippen molar-refractivity contribution in [2.24, 2.45) is 5.73 Å². The number of primary amides is 1.